The monoisotopic (exact) mass is 239 g/mol. The van der Waals surface area contributed by atoms with Gasteiger partial charge in [0.2, 0.25) is 0 Å². The first-order valence-corrected chi connectivity index (χ1v) is 6.41. The molecule has 98 valence electrons. The third kappa shape index (κ3) is 4.90. The zero-order valence-electron chi connectivity index (χ0n) is 11.6. The van der Waals surface area contributed by atoms with Crippen molar-refractivity contribution in [3.05, 3.63) is 12.2 Å². The van der Waals surface area contributed by atoms with Gasteiger partial charge in [-0.05, 0) is 53.5 Å². The van der Waals surface area contributed by atoms with Gasteiger partial charge in [0.1, 0.15) is 11.6 Å². The molecule has 0 spiro atoms. The van der Waals surface area contributed by atoms with Crippen molar-refractivity contribution in [2.45, 2.75) is 58.6 Å². The van der Waals surface area contributed by atoms with Crippen LogP contribution in [0, 0.1) is 0 Å². The first-order chi connectivity index (χ1) is 7.79. The molecule has 0 bridgehead atoms. The van der Waals surface area contributed by atoms with Gasteiger partial charge in [0.25, 0.3) is 0 Å². The molecule has 0 aliphatic carbocycles. The summed E-state index contributed by atoms with van der Waals surface area (Å²) >= 11 is 0. The van der Waals surface area contributed by atoms with Gasteiger partial charge in [-0.25, -0.2) is 0 Å². The van der Waals surface area contributed by atoms with Crippen molar-refractivity contribution in [1.29, 1.82) is 0 Å². The lowest BCUT2D eigenvalue weighted by Crippen LogP contribution is -2.40. The summed E-state index contributed by atoms with van der Waals surface area (Å²) in [5.41, 5.74) is 0.777. The summed E-state index contributed by atoms with van der Waals surface area (Å²) in [5.74, 6) is -0.0725. The van der Waals surface area contributed by atoms with Crippen molar-refractivity contribution < 1.29 is 9.53 Å². The summed E-state index contributed by atoms with van der Waals surface area (Å²) in [6.45, 7) is 13.6. The summed E-state index contributed by atoms with van der Waals surface area (Å²) in [5, 5.41) is 0. The van der Waals surface area contributed by atoms with Gasteiger partial charge in [0.05, 0.1) is 0 Å². The molecule has 0 aromatic carbocycles. The number of nitrogens with zero attached hydrogens (tertiary/aromatic N) is 1. The van der Waals surface area contributed by atoms with Gasteiger partial charge in [0.15, 0.2) is 0 Å². The van der Waals surface area contributed by atoms with Crippen LogP contribution in [0.3, 0.4) is 0 Å². The SMILES string of the molecule is C=C(C)CCN1CCC[C@@H]1C(=O)OC(C)(C)C. The van der Waals surface area contributed by atoms with Gasteiger partial charge in [0, 0.05) is 6.54 Å². The molecule has 0 radical (unpaired) electrons. The Morgan fingerprint density at radius 1 is 1.47 bits per heavy atom. The standard InChI is InChI=1S/C14H25NO2/c1-11(2)8-10-15-9-6-7-12(15)13(16)17-14(3,4)5/h12H,1,6-10H2,2-5H3/t12-/m1/s1. The Balaban J connectivity index is 2.51. The van der Waals surface area contributed by atoms with Crippen LogP contribution in [0.4, 0.5) is 0 Å². The van der Waals surface area contributed by atoms with Gasteiger partial charge in [-0.15, -0.1) is 6.58 Å². The summed E-state index contributed by atoms with van der Waals surface area (Å²) in [4.78, 5) is 14.3. The smallest absolute Gasteiger partial charge is 0.323 e. The Hall–Kier alpha value is -0.830. The van der Waals surface area contributed by atoms with E-state index in [1.165, 1.54) is 5.57 Å². The van der Waals surface area contributed by atoms with E-state index in [9.17, 15) is 4.79 Å². The van der Waals surface area contributed by atoms with E-state index in [0.29, 0.717) is 0 Å². The second-order valence-electron chi connectivity index (χ2n) is 5.93. The predicted octanol–water partition coefficient (Wildman–Crippen LogP) is 2.76. The number of esters is 1. The van der Waals surface area contributed by atoms with Crippen molar-refractivity contribution in [3.8, 4) is 0 Å². The molecule has 0 aromatic rings. The lowest BCUT2D eigenvalue weighted by molar-refractivity contribution is -0.160. The van der Waals surface area contributed by atoms with E-state index < -0.39 is 0 Å². The number of carbonyl (C=O) groups excluding carboxylic acids is 1. The molecular weight excluding hydrogens is 214 g/mol. The second-order valence-corrected chi connectivity index (χ2v) is 5.93. The van der Waals surface area contributed by atoms with Crippen molar-refractivity contribution >= 4 is 5.97 Å². The van der Waals surface area contributed by atoms with E-state index in [0.717, 1.165) is 32.4 Å². The summed E-state index contributed by atoms with van der Waals surface area (Å²) < 4.78 is 5.46. The average Bonchev–Trinajstić information content (AvgIpc) is 2.59. The maximum absolute atomic E-state index is 12.0. The molecule has 0 amide bonds. The van der Waals surface area contributed by atoms with Crippen LogP contribution in [0.5, 0.6) is 0 Å². The maximum Gasteiger partial charge on any atom is 0.323 e. The molecule has 1 rings (SSSR count). The highest BCUT2D eigenvalue weighted by molar-refractivity contribution is 5.76. The fourth-order valence-electron chi connectivity index (χ4n) is 2.06. The molecule has 0 aromatic heterocycles. The second kappa shape index (κ2) is 5.67. The number of ether oxygens (including phenoxy) is 1. The van der Waals surface area contributed by atoms with Gasteiger partial charge in [-0.2, -0.15) is 0 Å². The normalized spacial score (nSPS) is 21.5. The molecule has 0 unspecified atom stereocenters. The Bertz CT molecular complexity index is 291. The Morgan fingerprint density at radius 3 is 2.65 bits per heavy atom. The van der Waals surface area contributed by atoms with Crippen LogP contribution in [0.25, 0.3) is 0 Å². The molecule has 3 heteroatoms. The molecule has 1 atom stereocenters. The maximum atomic E-state index is 12.0. The van der Waals surface area contributed by atoms with Crippen LogP contribution < -0.4 is 0 Å². The number of rotatable bonds is 4. The number of hydrogen-bond acceptors (Lipinski definition) is 3. The highest BCUT2D eigenvalue weighted by Gasteiger charge is 2.33. The Kier molecular flexibility index (Phi) is 4.75. The van der Waals surface area contributed by atoms with Crippen LogP contribution in [-0.4, -0.2) is 35.6 Å². The molecule has 1 aliphatic rings. The molecule has 0 N–H and O–H groups in total. The molecular formula is C14H25NO2. The third-order valence-electron chi connectivity index (χ3n) is 2.87. The molecule has 1 fully saturated rings. The van der Waals surface area contributed by atoms with Crippen LogP contribution in [0.1, 0.15) is 47.0 Å². The van der Waals surface area contributed by atoms with Crippen molar-refractivity contribution in [2.24, 2.45) is 0 Å². The van der Waals surface area contributed by atoms with Gasteiger partial charge in [-0.3, -0.25) is 9.69 Å². The first kappa shape index (κ1) is 14.2. The zero-order valence-corrected chi connectivity index (χ0v) is 11.6. The van der Waals surface area contributed by atoms with Crippen molar-refractivity contribution in [1.82, 2.24) is 4.90 Å². The molecule has 1 saturated heterocycles. The molecule has 1 aliphatic heterocycles. The number of likely N-dealkylation sites (tertiary alicyclic amines) is 1. The zero-order chi connectivity index (χ0) is 13.1. The van der Waals surface area contributed by atoms with Gasteiger partial charge < -0.3 is 4.74 Å². The van der Waals surface area contributed by atoms with Crippen LogP contribution in [0.2, 0.25) is 0 Å². The highest BCUT2D eigenvalue weighted by atomic mass is 16.6. The van der Waals surface area contributed by atoms with Crippen LogP contribution in [-0.2, 0) is 9.53 Å². The van der Waals surface area contributed by atoms with Crippen LogP contribution >= 0.6 is 0 Å². The average molecular weight is 239 g/mol. The summed E-state index contributed by atoms with van der Waals surface area (Å²) in [7, 11) is 0. The first-order valence-electron chi connectivity index (χ1n) is 6.41. The van der Waals surface area contributed by atoms with E-state index in [4.69, 9.17) is 4.74 Å². The van der Waals surface area contributed by atoms with E-state index >= 15 is 0 Å². The Labute approximate surface area is 105 Å². The van der Waals surface area contributed by atoms with E-state index in [1.807, 2.05) is 27.7 Å². The minimum Gasteiger partial charge on any atom is -0.459 e. The lowest BCUT2D eigenvalue weighted by atomic mass is 10.1. The predicted molar refractivity (Wildman–Crippen MR) is 69.9 cm³/mol. The summed E-state index contributed by atoms with van der Waals surface area (Å²) in [6, 6.07) is -0.0476. The lowest BCUT2D eigenvalue weighted by Gasteiger charge is -2.27. The van der Waals surface area contributed by atoms with Crippen LogP contribution in [0.15, 0.2) is 12.2 Å². The van der Waals surface area contributed by atoms with E-state index in [2.05, 4.69) is 11.5 Å². The quantitative estimate of drug-likeness (QED) is 0.558. The molecule has 1 heterocycles. The minimum atomic E-state index is -0.389. The minimum absolute atomic E-state index is 0.0476. The highest BCUT2D eigenvalue weighted by Crippen LogP contribution is 2.21. The van der Waals surface area contributed by atoms with Gasteiger partial charge in [-0.1, -0.05) is 5.57 Å². The summed E-state index contributed by atoms with van der Waals surface area (Å²) in [6.07, 6.45) is 2.96. The molecule has 17 heavy (non-hydrogen) atoms. The molecule has 0 saturated carbocycles. The number of hydrogen-bond donors (Lipinski definition) is 0. The fraction of sp³-hybridized carbons (Fsp3) is 0.786. The topological polar surface area (TPSA) is 29.5 Å². The van der Waals surface area contributed by atoms with Crippen molar-refractivity contribution in [3.63, 3.8) is 0 Å². The van der Waals surface area contributed by atoms with E-state index in [-0.39, 0.29) is 17.6 Å². The fourth-order valence-corrected chi connectivity index (χ4v) is 2.06. The van der Waals surface area contributed by atoms with E-state index in [1.54, 1.807) is 0 Å². The Morgan fingerprint density at radius 2 is 2.12 bits per heavy atom. The molecule has 3 nitrogen and oxygen atoms in total. The number of carbonyl (C=O) groups is 1. The largest absolute Gasteiger partial charge is 0.459 e. The van der Waals surface area contributed by atoms with Gasteiger partial charge >= 0.3 is 5.97 Å². The third-order valence-corrected chi connectivity index (χ3v) is 2.87. The van der Waals surface area contributed by atoms with Crippen molar-refractivity contribution in [2.75, 3.05) is 13.1 Å².